The lowest BCUT2D eigenvalue weighted by Crippen LogP contribution is -2.41. The molecule has 0 atom stereocenters. The molecule has 1 fully saturated rings. The van der Waals surface area contributed by atoms with E-state index in [0.29, 0.717) is 5.92 Å². The van der Waals surface area contributed by atoms with Gasteiger partial charge in [0, 0.05) is 18.0 Å². The van der Waals surface area contributed by atoms with Crippen LogP contribution in [0.25, 0.3) is 10.9 Å². The molecule has 1 aromatic carbocycles. The molecule has 1 aromatic heterocycles. The molecule has 136 valence electrons. The van der Waals surface area contributed by atoms with Gasteiger partial charge in [0.15, 0.2) is 0 Å². The number of aromatic nitrogens is 1. The van der Waals surface area contributed by atoms with Crippen LogP contribution in [0, 0.1) is 5.92 Å². The highest BCUT2D eigenvalue weighted by Gasteiger charge is 2.26. The number of nitrogens with one attached hydrogen (secondary N) is 2. The van der Waals surface area contributed by atoms with E-state index in [1.165, 1.54) is 0 Å². The van der Waals surface area contributed by atoms with Crippen molar-refractivity contribution in [3.05, 3.63) is 36.5 Å². The summed E-state index contributed by atoms with van der Waals surface area (Å²) in [5.41, 5.74) is 2.05. The Morgan fingerprint density at radius 2 is 1.88 bits per heavy atom. The Morgan fingerprint density at radius 3 is 2.60 bits per heavy atom. The summed E-state index contributed by atoms with van der Waals surface area (Å²) in [5.74, 6) is 0.575. The molecular weight excluding hydrogens is 334 g/mol. The molecule has 2 N–H and O–H groups in total. The van der Waals surface area contributed by atoms with Gasteiger partial charge in [-0.05, 0) is 57.6 Å². The van der Waals surface area contributed by atoms with Gasteiger partial charge >= 0.3 is 0 Å². The first-order chi connectivity index (χ1) is 11.9. The van der Waals surface area contributed by atoms with Crippen LogP contribution in [0.1, 0.15) is 39.5 Å². The normalized spacial score (nSPS) is 21.6. The number of anilines is 1. The number of hydrogen-bond donors (Lipinski definition) is 2. The number of sulfonamides is 1. The summed E-state index contributed by atoms with van der Waals surface area (Å²) in [6.45, 7) is 4.34. The molecule has 0 saturated heterocycles. The van der Waals surface area contributed by atoms with E-state index >= 15 is 0 Å². The lowest BCUT2D eigenvalue weighted by atomic mass is 9.86. The van der Waals surface area contributed by atoms with Crippen LogP contribution in [-0.4, -0.2) is 31.2 Å². The van der Waals surface area contributed by atoms with Crippen molar-refractivity contribution in [1.29, 1.82) is 0 Å². The molecule has 0 spiro atoms. The van der Waals surface area contributed by atoms with Crippen molar-refractivity contribution in [1.82, 2.24) is 9.71 Å². The van der Waals surface area contributed by atoms with Crippen molar-refractivity contribution in [3.63, 3.8) is 0 Å². The SMILES string of the molecule is CC(C)S(=O)(=O)NC1CCC(CNc2cnc3ccccc3c2)CC1. The van der Waals surface area contributed by atoms with Crippen LogP contribution < -0.4 is 10.0 Å². The maximum absolute atomic E-state index is 12.0. The van der Waals surface area contributed by atoms with Crippen LogP contribution in [0.3, 0.4) is 0 Å². The van der Waals surface area contributed by atoms with Gasteiger partial charge in [0.05, 0.1) is 22.7 Å². The number of rotatable bonds is 6. The molecule has 2 aromatic rings. The number of para-hydroxylation sites is 1. The topological polar surface area (TPSA) is 71.1 Å². The van der Waals surface area contributed by atoms with E-state index in [0.717, 1.165) is 48.8 Å². The highest BCUT2D eigenvalue weighted by Crippen LogP contribution is 2.26. The molecule has 25 heavy (non-hydrogen) atoms. The molecule has 0 bridgehead atoms. The molecule has 1 aliphatic rings. The lowest BCUT2D eigenvalue weighted by Gasteiger charge is -2.29. The third-order valence-corrected chi connectivity index (χ3v) is 6.89. The van der Waals surface area contributed by atoms with Crippen LogP contribution in [0.4, 0.5) is 5.69 Å². The predicted molar refractivity (Wildman–Crippen MR) is 103 cm³/mol. The zero-order chi connectivity index (χ0) is 17.9. The molecule has 0 aliphatic heterocycles. The molecule has 1 saturated carbocycles. The van der Waals surface area contributed by atoms with Crippen molar-refractivity contribution in [2.75, 3.05) is 11.9 Å². The number of nitrogens with zero attached hydrogens (tertiary/aromatic N) is 1. The molecule has 0 unspecified atom stereocenters. The summed E-state index contributed by atoms with van der Waals surface area (Å²) >= 11 is 0. The quantitative estimate of drug-likeness (QED) is 0.826. The van der Waals surface area contributed by atoms with E-state index in [1.54, 1.807) is 13.8 Å². The molecule has 0 amide bonds. The first kappa shape index (κ1) is 18.1. The molecule has 6 heteroatoms. The van der Waals surface area contributed by atoms with Crippen LogP contribution >= 0.6 is 0 Å². The zero-order valence-electron chi connectivity index (χ0n) is 14.9. The Labute approximate surface area is 150 Å². The summed E-state index contributed by atoms with van der Waals surface area (Å²) in [7, 11) is -3.17. The predicted octanol–water partition coefficient (Wildman–Crippen LogP) is 3.53. The fraction of sp³-hybridized carbons (Fsp3) is 0.526. The van der Waals surface area contributed by atoms with Gasteiger partial charge in [0.25, 0.3) is 0 Å². The Hall–Kier alpha value is -1.66. The van der Waals surface area contributed by atoms with E-state index in [-0.39, 0.29) is 11.3 Å². The molecule has 1 aliphatic carbocycles. The van der Waals surface area contributed by atoms with Gasteiger partial charge in [-0.1, -0.05) is 18.2 Å². The maximum atomic E-state index is 12.0. The summed E-state index contributed by atoms with van der Waals surface area (Å²) in [6.07, 6.45) is 5.78. The second-order valence-corrected chi connectivity index (χ2v) is 9.50. The van der Waals surface area contributed by atoms with Gasteiger partial charge in [-0.15, -0.1) is 0 Å². The van der Waals surface area contributed by atoms with E-state index in [4.69, 9.17) is 0 Å². The van der Waals surface area contributed by atoms with Crippen molar-refractivity contribution in [2.45, 2.75) is 50.8 Å². The first-order valence-electron chi connectivity index (χ1n) is 9.04. The number of pyridine rings is 1. The van der Waals surface area contributed by atoms with Gasteiger partial charge in [-0.2, -0.15) is 0 Å². The average Bonchev–Trinajstić information content (AvgIpc) is 2.60. The van der Waals surface area contributed by atoms with E-state index in [1.807, 2.05) is 24.4 Å². The fourth-order valence-corrected chi connectivity index (χ4v) is 4.26. The van der Waals surface area contributed by atoms with E-state index in [2.05, 4.69) is 27.2 Å². The Bertz CT molecular complexity index is 812. The monoisotopic (exact) mass is 361 g/mol. The first-order valence-corrected chi connectivity index (χ1v) is 10.6. The molecule has 1 heterocycles. The molecule has 3 rings (SSSR count). The van der Waals surface area contributed by atoms with E-state index in [9.17, 15) is 8.42 Å². The smallest absolute Gasteiger partial charge is 0.214 e. The van der Waals surface area contributed by atoms with Crippen molar-refractivity contribution in [2.24, 2.45) is 5.92 Å². The standard InChI is InChI=1S/C19H27N3O2S/c1-14(2)25(23,24)22-17-9-7-15(8-10-17)12-20-18-11-16-5-3-4-6-19(16)21-13-18/h3-6,11,13-15,17,20,22H,7-10,12H2,1-2H3. The fourth-order valence-electron chi connectivity index (χ4n) is 3.28. The summed E-state index contributed by atoms with van der Waals surface area (Å²) in [4.78, 5) is 4.47. The average molecular weight is 362 g/mol. The minimum atomic E-state index is -3.17. The minimum absolute atomic E-state index is 0.0889. The molecule has 0 radical (unpaired) electrons. The minimum Gasteiger partial charge on any atom is -0.384 e. The van der Waals surface area contributed by atoms with Gasteiger partial charge in [-0.3, -0.25) is 4.98 Å². The van der Waals surface area contributed by atoms with E-state index < -0.39 is 10.0 Å². The van der Waals surface area contributed by atoms with Crippen molar-refractivity contribution in [3.8, 4) is 0 Å². The highest BCUT2D eigenvalue weighted by atomic mass is 32.2. The van der Waals surface area contributed by atoms with Crippen molar-refractivity contribution < 1.29 is 8.42 Å². The summed E-state index contributed by atoms with van der Waals surface area (Å²) in [5, 5.41) is 4.26. The van der Waals surface area contributed by atoms with Gasteiger partial charge in [0.1, 0.15) is 0 Å². The third kappa shape index (κ3) is 4.70. The molecule has 5 nitrogen and oxygen atoms in total. The van der Waals surface area contributed by atoms with Gasteiger partial charge < -0.3 is 5.32 Å². The van der Waals surface area contributed by atoms with Crippen LogP contribution in [0.5, 0.6) is 0 Å². The third-order valence-electron chi connectivity index (χ3n) is 4.98. The largest absolute Gasteiger partial charge is 0.384 e. The Kier molecular flexibility index (Phi) is 5.59. The summed E-state index contributed by atoms with van der Waals surface area (Å²) < 4.78 is 26.8. The maximum Gasteiger partial charge on any atom is 0.214 e. The number of fused-ring (bicyclic) bond motifs is 1. The summed E-state index contributed by atoms with van der Waals surface area (Å²) in [6, 6.07) is 10.3. The van der Waals surface area contributed by atoms with Crippen molar-refractivity contribution >= 4 is 26.6 Å². The van der Waals surface area contributed by atoms with Crippen LogP contribution in [0.2, 0.25) is 0 Å². The van der Waals surface area contributed by atoms with Crippen LogP contribution in [0.15, 0.2) is 36.5 Å². The Balaban J connectivity index is 1.49. The zero-order valence-corrected chi connectivity index (χ0v) is 15.7. The van der Waals surface area contributed by atoms with Gasteiger partial charge in [0.2, 0.25) is 10.0 Å². The lowest BCUT2D eigenvalue weighted by molar-refractivity contribution is 0.323. The number of hydrogen-bond acceptors (Lipinski definition) is 4. The highest BCUT2D eigenvalue weighted by molar-refractivity contribution is 7.90. The number of benzene rings is 1. The van der Waals surface area contributed by atoms with Gasteiger partial charge in [-0.25, -0.2) is 13.1 Å². The second-order valence-electron chi connectivity index (χ2n) is 7.23. The van der Waals surface area contributed by atoms with Crippen LogP contribution in [-0.2, 0) is 10.0 Å². The second kappa shape index (κ2) is 7.70. The Morgan fingerprint density at radius 1 is 1.16 bits per heavy atom. The molecular formula is C19H27N3O2S.